The van der Waals surface area contributed by atoms with E-state index in [2.05, 4.69) is 43.1 Å². The second-order valence-corrected chi connectivity index (χ2v) is 5.40. The summed E-state index contributed by atoms with van der Waals surface area (Å²) in [6.07, 6.45) is 5.12. The summed E-state index contributed by atoms with van der Waals surface area (Å²) in [6, 6.07) is 12.2. The van der Waals surface area contributed by atoms with Crippen LogP contribution in [0.3, 0.4) is 0 Å². The monoisotopic (exact) mass is 282 g/mol. The molecule has 110 valence electrons. The number of benzene rings is 1. The molecule has 0 aliphatic carbocycles. The van der Waals surface area contributed by atoms with Gasteiger partial charge >= 0.3 is 0 Å². The number of hydrogen-bond donors (Lipinski definition) is 0. The minimum Gasteiger partial charge on any atom is -0.338 e. The molecule has 0 aliphatic heterocycles. The van der Waals surface area contributed by atoms with Crippen LogP contribution in [0.1, 0.15) is 34.8 Å². The van der Waals surface area contributed by atoms with Gasteiger partial charge in [0, 0.05) is 31.0 Å². The Kier molecular flexibility index (Phi) is 5.09. The van der Waals surface area contributed by atoms with Gasteiger partial charge in [0.15, 0.2) is 0 Å². The van der Waals surface area contributed by atoms with Crippen molar-refractivity contribution in [1.82, 2.24) is 9.88 Å². The number of carbonyl (C=O) groups excluding carboxylic acids is 1. The molecule has 0 fully saturated rings. The molecule has 0 N–H and O–H groups in total. The Bertz CT molecular complexity index is 578. The predicted molar refractivity (Wildman–Crippen MR) is 85.3 cm³/mol. The number of likely N-dealkylation sites (N-methyl/N-ethyl adjacent to an activating group) is 1. The first-order valence-electron chi connectivity index (χ1n) is 7.34. The van der Waals surface area contributed by atoms with Gasteiger partial charge in [-0.25, -0.2) is 0 Å². The van der Waals surface area contributed by atoms with Gasteiger partial charge in [-0.3, -0.25) is 9.78 Å². The van der Waals surface area contributed by atoms with E-state index in [0.29, 0.717) is 5.56 Å². The maximum atomic E-state index is 12.5. The topological polar surface area (TPSA) is 33.2 Å². The lowest BCUT2D eigenvalue weighted by Crippen LogP contribution is -2.38. The molecule has 2 aromatic rings. The van der Waals surface area contributed by atoms with E-state index in [0.717, 1.165) is 12.8 Å². The van der Waals surface area contributed by atoms with E-state index in [-0.39, 0.29) is 11.9 Å². The van der Waals surface area contributed by atoms with E-state index in [1.165, 1.54) is 11.1 Å². The van der Waals surface area contributed by atoms with E-state index in [4.69, 9.17) is 0 Å². The highest BCUT2D eigenvalue weighted by molar-refractivity contribution is 5.94. The smallest absolute Gasteiger partial charge is 0.253 e. The lowest BCUT2D eigenvalue weighted by molar-refractivity contribution is 0.0727. The van der Waals surface area contributed by atoms with E-state index < -0.39 is 0 Å². The normalized spacial score (nSPS) is 12.0. The number of nitrogens with zero attached hydrogens (tertiary/aromatic N) is 2. The second-order valence-electron chi connectivity index (χ2n) is 5.40. The zero-order chi connectivity index (χ0) is 15.2. The van der Waals surface area contributed by atoms with Crippen molar-refractivity contribution >= 4 is 5.91 Å². The van der Waals surface area contributed by atoms with Gasteiger partial charge in [-0.1, -0.05) is 36.8 Å². The number of hydrogen-bond acceptors (Lipinski definition) is 2. The number of pyridine rings is 1. The minimum absolute atomic E-state index is 0.0522. The van der Waals surface area contributed by atoms with Gasteiger partial charge in [0.05, 0.1) is 0 Å². The van der Waals surface area contributed by atoms with Gasteiger partial charge in [-0.05, 0) is 37.5 Å². The fourth-order valence-corrected chi connectivity index (χ4v) is 2.42. The molecule has 2 rings (SSSR count). The van der Waals surface area contributed by atoms with Crippen LogP contribution in [0.2, 0.25) is 0 Å². The molecule has 1 aromatic heterocycles. The molecule has 0 radical (unpaired) electrons. The van der Waals surface area contributed by atoms with Crippen molar-refractivity contribution in [2.24, 2.45) is 0 Å². The van der Waals surface area contributed by atoms with Crippen molar-refractivity contribution in [2.75, 3.05) is 7.05 Å². The molecule has 0 saturated heterocycles. The Balaban J connectivity index is 2.09. The molecule has 1 aromatic carbocycles. The third-order valence-electron chi connectivity index (χ3n) is 3.86. The zero-order valence-electron chi connectivity index (χ0n) is 12.9. The Morgan fingerprint density at radius 2 is 1.76 bits per heavy atom. The molecule has 0 spiro atoms. The molecule has 1 atom stereocenters. The first kappa shape index (κ1) is 15.2. The van der Waals surface area contributed by atoms with Crippen molar-refractivity contribution in [1.29, 1.82) is 0 Å². The number of carbonyl (C=O) groups is 1. The largest absolute Gasteiger partial charge is 0.338 e. The van der Waals surface area contributed by atoms with Crippen LogP contribution in [-0.4, -0.2) is 28.9 Å². The lowest BCUT2D eigenvalue weighted by Gasteiger charge is -2.27. The molecule has 1 amide bonds. The highest BCUT2D eigenvalue weighted by atomic mass is 16.2. The summed E-state index contributed by atoms with van der Waals surface area (Å²) in [7, 11) is 1.88. The first-order valence-corrected chi connectivity index (χ1v) is 7.34. The van der Waals surface area contributed by atoms with Crippen molar-refractivity contribution in [3.05, 3.63) is 65.5 Å². The Hall–Kier alpha value is -2.16. The molecule has 0 saturated carbocycles. The van der Waals surface area contributed by atoms with Crippen molar-refractivity contribution in [3.63, 3.8) is 0 Å². The fourth-order valence-electron chi connectivity index (χ4n) is 2.42. The van der Waals surface area contributed by atoms with Crippen LogP contribution in [0, 0.1) is 6.92 Å². The maximum absolute atomic E-state index is 12.5. The van der Waals surface area contributed by atoms with E-state index in [1.54, 1.807) is 24.5 Å². The van der Waals surface area contributed by atoms with Crippen LogP contribution < -0.4 is 0 Å². The predicted octanol–water partition coefficient (Wildman–Crippen LogP) is 3.48. The average Bonchev–Trinajstić information content (AvgIpc) is 2.54. The Labute approximate surface area is 126 Å². The van der Waals surface area contributed by atoms with Crippen LogP contribution in [0.4, 0.5) is 0 Å². The van der Waals surface area contributed by atoms with Gasteiger partial charge in [0.25, 0.3) is 5.91 Å². The quantitative estimate of drug-likeness (QED) is 0.841. The molecule has 0 bridgehead atoms. The molecule has 3 heteroatoms. The summed E-state index contributed by atoms with van der Waals surface area (Å²) in [5, 5.41) is 0. The number of aryl methyl sites for hydroxylation is 1. The van der Waals surface area contributed by atoms with Crippen LogP contribution in [0.15, 0.2) is 48.8 Å². The summed E-state index contributed by atoms with van der Waals surface area (Å²) < 4.78 is 0. The van der Waals surface area contributed by atoms with Crippen LogP contribution in [0.25, 0.3) is 0 Å². The Morgan fingerprint density at radius 1 is 1.14 bits per heavy atom. The van der Waals surface area contributed by atoms with Crippen LogP contribution >= 0.6 is 0 Å². The van der Waals surface area contributed by atoms with Gasteiger partial charge in [0.2, 0.25) is 0 Å². The van der Waals surface area contributed by atoms with Gasteiger partial charge < -0.3 is 4.90 Å². The highest BCUT2D eigenvalue weighted by Gasteiger charge is 2.19. The van der Waals surface area contributed by atoms with Gasteiger partial charge in [0.1, 0.15) is 0 Å². The fraction of sp³-hybridized carbons (Fsp3) is 0.333. The average molecular weight is 282 g/mol. The van der Waals surface area contributed by atoms with Crippen molar-refractivity contribution in [3.8, 4) is 0 Å². The highest BCUT2D eigenvalue weighted by Crippen LogP contribution is 2.14. The third kappa shape index (κ3) is 3.91. The zero-order valence-corrected chi connectivity index (χ0v) is 12.9. The van der Waals surface area contributed by atoms with Crippen LogP contribution in [0.5, 0.6) is 0 Å². The first-order chi connectivity index (χ1) is 10.1. The number of rotatable bonds is 5. The molecule has 0 aliphatic rings. The van der Waals surface area contributed by atoms with E-state index in [1.807, 2.05) is 11.9 Å². The second kappa shape index (κ2) is 7.02. The van der Waals surface area contributed by atoms with Gasteiger partial charge in [-0.15, -0.1) is 0 Å². The van der Waals surface area contributed by atoms with Gasteiger partial charge in [-0.2, -0.15) is 0 Å². The molecule has 3 nitrogen and oxygen atoms in total. The van der Waals surface area contributed by atoms with Crippen molar-refractivity contribution < 1.29 is 4.79 Å². The summed E-state index contributed by atoms with van der Waals surface area (Å²) >= 11 is 0. The minimum atomic E-state index is 0.0522. The Morgan fingerprint density at radius 3 is 2.33 bits per heavy atom. The molecule has 1 heterocycles. The third-order valence-corrected chi connectivity index (χ3v) is 3.86. The lowest BCUT2D eigenvalue weighted by atomic mass is 10.0. The summed E-state index contributed by atoms with van der Waals surface area (Å²) in [6.45, 7) is 4.20. The SMILES string of the molecule is CC[C@@H](Cc1ccc(C)cc1)N(C)C(=O)c1ccncc1. The number of aromatic nitrogens is 1. The van der Waals surface area contributed by atoms with E-state index in [9.17, 15) is 4.79 Å². The molecular weight excluding hydrogens is 260 g/mol. The molecular formula is C18H22N2O. The molecule has 21 heavy (non-hydrogen) atoms. The summed E-state index contributed by atoms with van der Waals surface area (Å²) in [4.78, 5) is 18.3. The molecule has 0 unspecified atom stereocenters. The number of amides is 1. The van der Waals surface area contributed by atoms with E-state index >= 15 is 0 Å². The van der Waals surface area contributed by atoms with Crippen LogP contribution in [-0.2, 0) is 6.42 Å². The van der Waals surface area contributed by atoms with Crippen molar-refractivity contribution in [2.45, 2.75) is 32.7 Å². The summed E-state index contributed by atoms with van der Waals surface area (Å²) in [5.74, 6) is 0.0522. The standard InChI is InChI=1S/C18H22N2O/c1-4-17(13-15-7-5-14(2)6-8-15)20(3)18(21)16-9-11-19-12-10-16/h5-12,17H,4,13H2,1-3H3/t17-/m0/s1. The summed E-state index contributed by atoms with van der Waals surface area (Å²) in [5.41, 5.74) is 3.21. The maximum Gasteiger partial charge on any atom is 0.253 e.